The monoisotopic (exact) mass is 354 g/mol. The molecule has 0 spiro atoms. The van der Waals surface area contributed by atoms with Crippen LogP contribution in [0.25, 0.3) is 6.08 Å². The summed E-state index contributed by atoms with van der Waals surface area (Å²) in [4.78, 5) is 38.0. The summed E-state index contributed by atoms with van der Waals surface area (Å²) in [5, 5.41) is 2.76. The number of halogens is 1. The van der Waals surface area contributed by atoms with Crippen molar-refractivity contribution in [2.45, 2.75) is 13.8 Å². The van der Waals surface area contributed by atoms with Crippen molar-refractivity contribution in [1.82, 2.24) is 5.32 Å². The van der Waals surface area contributed by atoms with E-state index in [9.17, 15) is 14.4 Å². The van der Waals surface area contributed by atoms with Crippen LogP contribution in [0, 0.1) is 13.8 Å². The van der Waals surface area contributed by atoms with Crippen molar-refractivity contribution in [3.8, 4) is 0 Å². The fraction of sp³-hybridized carbons (Fsp3) is 0.105. The highest BCUT2D eigenvalue weighted by Crippen LogP contribution is 2.24. The normalized spacial score (nSPS) is 16.4. The fourth-order valence-corrected chi connectivity index (χ4v) is 2.61. The molecule has 0 saturated carbocycles. The number of amides is 4. The Morgan fingerprint density at radius 2 is 1.64 bits per heavy atom. The van der Waals surface area contributed by atoms with Gasteiger partial charge in [0, 0.05) is 5.02 Å². The second kappa shape index (κ2) is 6.53. The van der Waals surface area contributed by atoms with E-state index >= 15 is 0 Å². The molecule has 2 aromatic carbocycles. The van der Waals surface area contributed by atoms with Crippen LogP contribution in [0.5, 0.6) is 0 Å². The lowest BCUT2D eigenvalue weighted by Crippen LogP contribution is -2.54. The molecule has 25 heavy (non-hydrogen) atoms. The van der Waals surface area contributed by atoms with E-state index in [1.165, 1.54) is 6.08 Å². The van der Waals surface area contributed by atoms with Crippen LogP contribution in [0.3, 0.4) is 0 Å². The molecule has 0 atom stereocenters. The molecule has 3 rings (SSSR count). The minimum atomic E-state index is -0.758. The lowest BCUT2D eigenvalue weighted by Gasteiger charge is -2.26. The van der Waals surface area contributed by atoms with E-state index in [1.807, 2.05) is 19.9 Å². The predicted octanol–water partition coefficient (Wildman–Crippen LogP) is 3.62. The number of benzene rings is 2. The third kappa shape index (κ3) is 3.32. The minimum absolute atomic E-state index is 0.111. The molecule has 1 aliphatic heterocycles. The average molecular weight is 355 g/mol. The molecule has 1 aliphatic rings. The van der Waals surface area contributed by atoms with Gasteiger partial charge in [0.25, 0.3) is 11.8 Å². The number of carbonyl (C=O) groups is 3. The number of nitrogens with zero attached hydrogens (tertiary/aromatic N) is 1. The summed E-state index contributed by atoms with van der Waals surface area (Å²) in [5.74, 6) is -1.38. The molecular weight excluding hydrogens is 340 g/mol. The molecule has 126 valence electrons. The highest BCUT2D eigenvalue weighted by molar-refractivity contribution is 6.39. The Labute approximate surface area is 149 Å². The number of imide groups is 2. The molecular formula is C19H15ClN2O3. The van der Waals surface area contributed by atoms with Gasteiger partial charge in [0.2, 0.25) is 0 Å². The third-order valence-corrected chi connectivity index (χ3v) is 4.28. The molecule has 5 nitrogen and oxygen atoms in total. The standard InChI is InChI=1S/C19H15ClN2O3/c1-11-3-8-15(9-12(11)2)22-18(24)16(17(23)21-19(22)25)10-13-4-6-14(20)7-5-13/h3-10H,1-2H3,(H,21,23,25)/b16-10+. The number of carbonyl (C=O) groups excluding carboxylic acids is 3. The summed E-state index contributed by atoms with van der Waals surface area (Å²) in [6.45, 7) is 3.83. The van der Waals surface area contributed by atoms with Crippen molar-refractivity contribution >= 4 is 41.2 Å². The summed E-state index contributed by atoms with van der Waals surface area (Å²) in [7, 11) is 0. The van der Waals surface area contributed by atoms with Gasteiger partial charge in [-0.25, -0.2) is 9.69 Å². The first-order valence-corrected chi connectivity index (χ1v) is 7.99. The van der Waals surface area contributed by atoms with Crippen LogP contribution in [-0.4, -0.2) is 17.8 Å². The van der Waals surface area contributed by atoms with Crippen LogP contribution in [-0.2, 0) is 9.59 Å². The zero-order valence-corrected chi connectivity index (χ0v) is 14.4. The summed E-state index contributed by atoms with van der Waals surface area (Å²) in [6.07, 6.45) is 1.44. The van der Waals surface area contributed by atoms with Crippen molar-refractivity contribution in [2.24, 2.45) is 0 Å². The predicted molar refractivity (Wildman–Crippen MR) is 96.4 cm³/mol. The molecule has 2 aromatic rings. The molecule has 0 aromatic heterocycles. The van der Waals surface area contributed by atoms with Gasteiger partial charge in [-0.05, 0) is 60.9 Å². The zero-order valence-electron chi connectivity index (χ0n) is 13.7. The smallest absolute Gasteiger partial charge is 0.273 e. The van der Waals surface area contributed by atoms with Crippen LogP contribution < -0.4 is 10.2 Å². The Morgan fingerprint density at radius 1 is 0.960 bits per heavy atom. The number of rotatable bonds is 2. The van der Waals surface area contributed by atoms with Gasteiger partial charge >= 0.3 is 6.03 Å². The van der Waals surface area contributed by atoms with E-state index in [0.29, 0.717) is 16.3 Å². The number of urea groups is 1. The van der Waals surface area contributed by atoms with E-state index in [2.05, 4.69) is 5.32 Å². The minimum Gasteiger partial charge on any atom is -0.273 e. The maximum absolute atomic E-state index is 12.8. The van der Waals surface area contributed by atoms with E-state index < -0.39 is 17.8 Å². The van der Waals surface area contributed by atoms with E-state index in [4.69, 9.17) is 11.6 Å². The molecule has 1 heterocycles. The highest BCUT2D eigenvalue weighted by atomic mass is 35.5. The van der Waals surface area contributed by atoms with E-state index in [0.717, 1.165) is 16.0 Å². The van der Waals surface area contributed by atoms with Gasteiger partial charge in [-0.3, -0.25) is 14.9 Å². The number of barbiturate groups is 1. The van der Waals surface area contributed by atoms with Gasteiger partial charge in [0.05, 0.1) is 5.69 Å². The quantitative estimate of drug-likeness (QED) is 0.661. The maximum atomic E-state index is 12.8. The van der Waals surface area contributed by atoms with Gasteiger partial charge in [-0.15, -0.1) is 0 Å². The number of hydrogen-bond acceptors (Lipinski definition) is 3. The van der Waals surface area contributed by atoms with E-state index in [-0.39, 0.29) is 5.57 Å². The van der Waals surface area contributed by atoms with Crippen molar-refractivity contribution in [3.05, 3.63) is 69.8 Å². The van der Waals surface area contributed by atoms with Crippen LogP contribution in [0.4, 0.5) is 10.5 Å². The Morgan fingerprint density at radius 3 is 2.28 bits per heavy atom. The van der Waals surface area contributed by atoms with Gasteiger partial charge in [0.15, 0.2) is 0 Å². The Kier molecular flexibility index (Phi) is 4.42. The third-order valence-electron chi connectivity index (χ3n) is 4.03. The van der Waals surface area contributed by atoms with Gasteiger partial charge < -0.3 is 0 Å². The molecule has 0 unspecified atom stereocenters. The van der Waals surface area contributed by atoms with E-state index in [1.54, 1.807) is 36.4 Å². The summed E-state index contributed by atoms with van der Waals surface area (Å²) in [6, 6.07) is 11.2. The Balaban J connectivity index is 2.02. The van der Waals surface area contributed by atoms with Crippen molar-refractivity contribution in [2.75, 3.05) is 4.90 Å². The summed E-state index contributed by atoms with van der Waals surface area (Å²) < 4.78 is 0. The number of hydrogen-bond donors (Lipinski definition) is 1. The lowest BCUT2D eigenvalue weighted by molar-refractivity contribution is -0.122. The largest absolute Gasteiger partial charge is 0.335 e. The van der Waals surface area contributed by atoms with Crippen LogP contribution in [0.2, 0.25) is 5.02 Å². The topological polar surface area (TPSA) is 66.5 Å². The van der Waals surface area contributed by atoms with Crippen LogP contribution in [0.15, 0.2) is 48.0 Å². The number of nitrogens with one attached hydrogen (secondary N) is 1. The number of aryl methyl sites for hydroxylation is 2. The first-order chi connectivity index (χ1) is 11.9. The first-order valence-electron chi connectivity index (χ1n) is 7.61. The molecule has 4 amide bonds. The highest BCUT2D eigenvalue weighted by Gasteiger charge is 2.36. The zero-order chi connectivity index (χ0) is 18.1. The molecule has 0 radical (unpaired) electrons. The molecule has 1 N–H and O–H groups in total. The molecule has 6 heteroatoms. The second-order valence-electron chi connectivity index (χ2n) is 5.78. The number of anilines is 1. The van der Waals surface area contributed by atoms with Crippen molar-refractivity contribution in [1.29, 1.82) is 0 Å². The first kappa shape index (κ1) is 16.9. The average Bonchev–Trinajstić information content (AvgIpc) is 2.56. The fourth-order valence-electron chi connectivity index (χ4n) is 2.48. The SMILES string of the molecule is Cc1ccc(N2C(=O)NC(=O)/C(=C\c3ccc(Cl)cc3)C2=O)cc1C. The lowest BCUT2D eigenvalue weighted by atomic mass is 10.1. The molecule has 0 bridgehead atoms. The molecule has 0 aliphatic carbocycles. The Bertz CT molecular complexity index is 917. The van der Waals surface area contributed by atoms with Crippen molar-refractivity contribution in [3.63, 3.8) is 0 Å². The Hall–Kier alpha value is -2.92. The summed E-state index contributed by atoms with van der Waals surface area (Å²) in [5.41, 5.74) is 2.93. The van der Waals surface area contributed by atoms with Gasteiger partial charge in [-0.1, -0.05) is 29.8 Å². The van der Waals surface area contributed by atoms with Crippen LogP contribution >= 0.6 is 11.6 Å². The second-order valence-corrected chi connectivity index (χ2v) is 6.21. The summed E-state index contributed by atoms with van der Waals surface area (Å²) >= 11 is 5.84. The van der Waals surface area contributed by atoms with Crippen LogP contribution in [0.1, 0.15) is 16.7 Å². The van der Waals surface area contributed by atoms with Gasteiger partial charge in [-0.2, -0.15) is 0 Å². The van der Waals surface area contributed by atoms with Gasteiger partial charge in [0.1, 0.15) is 5.57 Å². The molecule has 1 fully saturated rings. The van der Waals surface area contributed by atoms with Crippen molar-refractivity contribution < 1.29 is 14.4 Å². The maximum Gasteiger partial charge on any atom is 0.335 e. The molecule has 1 saturated heterocycles.